The van der Waals surface area contributed by atoms with E-state index in [1.807, 2.05) is 35.7 Å². The number of carbonyl (C=O) groups excluding carboxylic acids is 1. The van der Waals surface area contributed by atoms with Crippen molar-refractivity contribution in [1.29, 1.82) is 0 Å². The fourth-order valence-electron chi connectivity index (χ4n) is 2.47. The Morgan fingerprint density at radius 1 is 1.04 bits per heavy atom. The molecule has 0 spiro atoms. The minimum absolute atomic E-state index is 0.142. The van der Waals surface area contributed by atoms with Crippen LogP contribution in [0.1, 0.15) is 15.9 Å². The molecule has 0 saturated carbocycles. The Morgan fingerprint density at radius 3 is 2.35 bits per heavy atom. The lowest BCUT2D eigenvalue weighted by atomic mass is 10.1. The Balaban J connectivity index is 1.62. The number of hydrogen-bond acceptors (Lipinski definition) is 4. The number of carboxylic acids is 1. The van der Waals surface area contributed by atoms with Gasteiger partial charge in [0.1, 0.15) is 5.75 Å². The zero-order valence-corrected chi connectivity index (χ0v) is 14.9. The monoisotopic (exact) mass is 367 g/mol. The second-order valence-corrected chi connectivity index (χ2v) is 6.57. The summed E-state index contributed by atoms with van der Waals surface area (Å²) in [5, 5.41) is 14.5. The van der Waals surface area contributed by atoms with E-state index in [0.717, 1.165) is 27.4 Å². The van der Waals surface area contributed by atoms with Crippen LogP contribution in [0.4, 0.5) is 5.00 Å². The Bertz CT molecular complexity index is 914. The van der Waals surface area contributed by atoms with Gasteiger partial charge in [-0.1, -0.05) is 24.3 Å². The number of aromatic carboxylic acids is 1. The molecule has 1 amide bonds. The zero-order chi connectivity index (χ0) is 18.5. The Labute approximate surface area is 154 Å². The van der Waals surface area contributed by atoms with Crippen LogP contribution in [-0.4, -0.2) is 24.1 Å². The van der Waals surface area contributed by atoms with Crippen LogP contribution in [0.2, 0.25) is 0 Å². The number of rotatable bonds is 6. The zero-order valence-electron chi connectivity index (χ0n) is 14.1. The van der Waals surface area contributed by atoms with Crippen molar-refractivity contribution >= 4 is 28.2 Å². The fourth-order valence-corrected chi connectivity index (χ4v) is 3.29. The van der Waals surface area contributed by atoms with Gasteiger partial charge in [0.25, 0.3) is 0 Å². The number of benzene rings is 2. The van der Waals surface area contributed by atoms with Gasteiger partial charge < -0.3 is 15.2 Å². The van der Waals surface area contributed by atoms with Gasteiger partial charge in [-0.3, -0.25) is 4.79 Å². The third-order valence-corrected chi connectivity index (χ3v) is 4.70. The molecule has 0 bridgehead atoms. The highest BCUT2D eigenvalue weighted by molar-refractivity contribution is 7.14. The van der Waals surface area contributed by atoms with Crippen molar-refractivity contribution in [2.45, 2.75) is 6.42 Å². The molecule has 0 radical (unpaired) electrons. The summed E-state index contributed by atoms with van der Waals surface area (Å²) in [5.41, 5.74) is 3.04. The summed E-state index contributed by atoms with van der Waals surface area (Å²) in [7, 11) is 1.63. The summed E-state index contributed by atoms with van der Waals surface area (Å²) >= 11 is 1.46. The molecule has 1 heterocycles. The van der Waals surface area contributed by atoms with Crippen LogP contribution in [-0.2, 0) is 11.2 Å². The van der Waals surface area contributed by atoms with E-state index in [2.05, 4.69) is 5.32 Å². The smallest absolute Gasteiger partial charge is 0.335 e. The van der Waals surface area contributed by atoms with Gasteiger partial charge in [0.2, 0.25) is 5.91 Å². The summed E-state index contributed by atoms with van der Waals surface area (Å²) in [4.78, 5) is 23.0. The second-order valence-electron chi connectivity index (χ2n) is 5.66. The first-order chi connectivity index (χ1) is 12.5. The van der Waals surface area contributed by atoms with E-state index in [0.29, 0.717) is 0 Å². The lowest BCUT2D eigenvalue weighted by molar-refractivity contribution is -0.115. The van der Waals surface area contributed by atoms with Crippen molar-refractivity contribution in [3.8, 4) is 16.9 Å². The molecule has 5 nitrogen and oxygen atoms in total. The lowest BCUT2D eigenvalue weighted by Gasteiger charge is -2.04. The van der Waals surface area contributed by atoms with E-state index in [4.69, 9.17) is 9.84 Å². The van der Waals surface area contributed by atoms with E-state index >= 15 is 0 Å². The highest BCUT2D eigenvalue weighted by Crippen LogP contribution is 2.30. The number of methoxy groups -OCH3 is 1. The first kappa shape index (κ1) is 17.7. The van der Waals surface area contributed by atoms with Crippen molar-refractivity contribution in [2.75, 3.05) is 12.4 Å². The Kier molecular flexibility index (Phi) is 5.34. The number of hydrogen-bond donors (Lipinski definition) is 2. The molecule has 0 unspecified atom stereocenters. The third kappa shape index (κ3) is 4.29. The van der Waals surface area contributed by atoms with E-state index in [9.17, 15) is 9.59 Å². The number of amides is 1. The number of carboxylic acid groups (broad SMARTS) is 1. The minimum Gasteiger partial charge on any atom is -0.497 e. The van der Waals surface area contributed by atoms with E-state index in [-0.39, 0.29) is 17.9 Å². The first-order valence-electron chi connectivity index (χ1n) is 7.90. The van der Waals surface area contributed by atoms with E-state index in [1.54, 1.807) is 19.2 Å². The van der Waals surface area contributed by atoms with Crippen molar-refractivity contribution < 1.29 is 19.4 Å². The van der Waals surface area contributed by atoms with Crippen LogP contribution in [0, 0.1) is 0 Å². The number of carbonyl (C=O) groups is 2. The summed E-state index contributed by atoms with van der Waals surface area (Å²) in [6, 6.07) is 16.0. The molecule has 1 aromatic heterocycles. The van der Waals surface area contributed by atoms with Crippen LogP contribution in [0.5, 0.6) is 5.75 Å². The molecule has 0 aliphatic heterocycles. The average molecular weight is 367 g/mol. The number of thiophene rings is 1. The number of anilines is 1. The van der Waals surface area contributed by atoms with Crippen molar-refractivity contribution in [3.63, 3.8) is 0 Å². The summed E-state index contributed by atoms with van der Waals surface area (Å²) < 4.78 is 5.15. The van der Waals surface area contributed by atoms with Crippen molar-refractivity contribution in [3.05, 3.63) is 71.1 Å². The van der Waals surface area contributed by atoms with Gasteiger partial charge in [-0.2, -0.15) is 0 Å². The quantitative estimate of drug-likeness (QED) is 0.681. The molecule has 2 N–H and O–H groups in total. The van der Waals surface area contributed by atoms with E-state index < -0.39 is 5.97 Å². The standard InChI is InChI=1S/C20H17NO4S/c1-25-17-8-6-14(7-9-17)16-11-19(26-12-16)21-18(22)10-13-2-4-15(5-3-13)20(23)24/h2-9,11-12H,10H2,1H3,(H,21,22)(H,23,24). The third-order valence-electron chi connectivity index (χ3n) is 3.85. The maximum atomic E-state index is 12.2. The molecule has 0 atom stereocenters. The SMILES string of the molecule is COc1ccc(-c2csc(NC(=O)Cc3ccc(C(=O)O)cc3)c2)cc1. The van der Waals surface area contributed by atoms with Gasteiger partial charge in [-0.15, -0.1) is 11.3 Å². The number of nitrogens with one attached hydrogen (secondary N) is 1. The molecule has 0 fully saturated rings. The summed E-state index contributed by atoms with van der Waals surface area (Å²) in [5.74, 6) is -0.326. The second kappa shape index (κ2) is 7.84. The molecule has 132 valence electrons. The summed E-state index contributed by atoms with van der Waals surface area (Å²) in [6.45, 7) is 0. The van der Waals surface area contributed by atoms with Crippen LogP contribution in [0.3, 0.4) is 0 Å². The average Bonchev–Trinajstić information content (AvgIpc) is 3.10. The number of ether oxygens (including phenoxy) is 1. The molecule has 26 heavy (non-hydrogen) atoms. The highest BCUT2D eigenvalue weighted by atomic mass is 32.1. The van der Waals surface area contributed by atoms with Gasteiger partial charge in [0, 0.05) is 5.38 Å². The Hall–Kier alpha value is -3.12. The largest absolute Gasteiger partial charge is 0.497 e. The minimum atomic E-state index is -0.981. The highest BCUT2D eigenvalue weighted by Gasteiger charge is 2.09. The predicted octanol–water partition coefficient (Wildman–Crippen LogP) is 4.30. The van der Waals surface area contributed by atoms with Crippen molar-refractivity contribution in [1.82, 2.24) is 0 Å². The van der Waals surface area contributed by atoms with Gasteiger partial charge in [-0.25, -0.2) is 4.79 Å². The molecule has 3 rings (SSSR count). The van der Waals surface area contributed by atoms with Crippen LogP contribution in [0.15, 0.2) is 60.0 Å². The first-order valence-corrected chi connectivity index (χ1v) is 8.78. The molecule has 0 saturated heterocycles. The summed E-state index contributed by atoms with van der Waals surface area (Å²) in [6.07, 6.45) is 0.190. The molecule has 6 heteroatoms. The predicted molar refractivity (Wildman–Crippen MR) is 102 cm³/mol. The normalized spacial score (nSPS) is 10.3. The van der Waals surface area contributed by atoms with Gasteiger partial charge >= 0.3 is 5.97 Å². The van der Waals surface area contributed by atoms with Gasteiger partial charge in [0.05, 0.1) is 24.1 Å². The molecule has 0 aliphatic carbocycles. The van der Waals surface area contributed by atoms with Crippen LogP contribution in [0.25, 0.3) is 11.1 Å². The van der Waals surface area contributed by atoms with Crippen LogP contribution >= 0.6 is 11.3 Å². The molecular weight excluding hydrogens is 350 g/mol. The molecule has 2 aromatic carbocycles. The van der Waals surface area contributed by atoms with E-state index in [1.165, 1.54) is 23.5 Å². The van der Waals surface area contributed by atoms with Gasteiger partial charge in [0.15, 0.2) is 0 Å². The molecule has 3 aromatic rings. The lowest BCUT2D eigenvalue weighted by Crippen LogP contribution is -2.13. The topological polar surface area (TPSA) is 75.6 Å². The molecule has 0 aliphatic rings. The maximum absolute atomic E-state index is 12.2. The Morgan fingerprint density at radius 2 is 1.73 bits per heavy atom. The fraction of sp³-hybridized carbons (Fsp3) is 0.100. The van der Waals surface area contributed by atoms with Crippen molar-refractivity contribution in [2.24, 2.45) is 0 Å². The van der Waals surface area contributed by atoms with Gasteiger partial charge in [-0.05, 0) is 47.0 Å². The van der Waals surface area contributed by atoms with Crippen LogP contribution < -0.4 is 10.1 Å². The molecular formula is C20H17NO4S. The maximum Gasteiger partial charge on any atom is 0.335 e.